The predicted octanol–water partition coefficient (Wildman–Crippen LogP) is 4.84. The van der Waals surface area contributed by atoms with Gasteiger partial charge in [0.25, 0.3) is 0 Å². The molecular formula is C21H20O5. The van der Waals surface area contributed by atoms with Crippen LogP contribution in [0.5, 0.6) is 0 Å². The second-order valence-corrected chi connectivity index (χ2v) is 5.95. The Hall–Kier alpha value is -3.08. The molecule has 5 heteroatoms. The Morgan fingerprint density at radius 3 is 2.50 bits per heavy atom. The van der Waals surface area contributed by atoms with Crippen LogP contribution in [0.2, 0.25) is 0 Å². The van der Waals surface area contributed by atoms with Crippen molar-refractivity contribution in [1.82, 2.24) is 0 Å². The maximum Gasteiger partial charge on any atom is 0.341 e. The van der Waals surface area contributed by atoms with E-state index in [1.54, 1.807) is 39.0 Å². The average Bonchev–Trinajstić information content (AvgIpc) is 3.03. The van der Waals surface area contributed by atoms with Crippen LogP contribution in [0.3, 0.4) is 0 Å². The molecule has 1 heterocycles. The monoisotopic (exact) mass is 352 g/mol. The SMILES string of the molecule is CCOC(=O)c1cc([C@H](C)OC(=O)c2ccc3ccccc3c2)oc1C. The first-order valence-electron chi connectivity index (χ1n) is 8.46. The quantitative estimate of drug-likeness (QED) is 0.615. The standard InChI is InChI=1S/C21H20O5/c1-4-24-21(23)18-12-19(25-13(18)2)14(3)26-20(22)17-10-9-15-7-5-6-8-16(15)11-17/h5-12,14H,4H2,1-3H3/t14-/m0/s1. The summed E-state index contributed by atoms with van der Waals surface area (Å²) in [5.41, 5.74) is 0.805. The summed E-state index contributed by atoms with van der Waals surface area (Å²) >= 11 is 0. The highest BCUT2D eigenvalue weighted by molar-refractivity contribution is 5.95. The average molecular weight is 352 g/mol. The van der Waals surface area contributed by atoms with Crippen LogP contribution in [-0.2, 0) is 9.47 Å². The number of aryl methyl sites for hydroxylation is 1. The lowest BCUT2D eigenvalue weighted by atomic mass is 10.1. The Morgan fingerprint density at radius 2 is 1.77 bits per heavy atom. The Labute approximate surface area is 151 Å². The van der Waals surface area contributed by atoms with Crippen molar-refractivity contribution in [3.05, 3.63) is 71.2 Å². The van der Waals surface area contributed by atoms with Gasteiger partial charge in [0, 0.05) is 0 Å². The van der Waals surface area contributed by atoms with Crippen molar-refractivity contribution in [3.63, 3.8) is 0 Å². The molecule has 5 nitrogen and oxygen atoms in total. The Kier molecular flexibility index (Phi) is 5.07. The third-order valence-electron chi connectivity index (χ3n) is 4.10. The minimum atomic E-state index is -0.629. The van der Waals surface area contributed by atoms with E-state index in [0.29, 0.717) is 22.6 Å². The van der Waals surface area contributed by atoms with Gasteiger partial charge in [0.15, 0.2) is 6.10 Å². The van der Waals surface area contributed by atoms with Gasteiger partial charge in [-0.1, -0.05) is 30.3 Å². The van der Waals surface area contributed by atoms with Crippen molar-refractivity contribution in [2.45, 2.75) is 26.9 Å². The van der Waals surface area contributed by atoms with Gasteiger partial charge in [-0.15, -0.1) is 0 Å². The molecule has 0 fully saturated rings. The smallest absolute Gasteiger partial charge is 0.341 e. The summed E-state index contributed by atoms with van der Waals surface area (Å²) in [7, 11) is 0. The summed E-state index contributed by atoms with van der Waals surface area (Å²) in [6, 6.07) is 14.8. The molecule has 0 radical (unpaired) electrons. The molecule has 0 saturated carbocycles. The van der Waals surface area contributed by atoms with Crippen molar-refractivity contribution < 1.29 is 23.5 Å². The van der Waals surface area contributed by atoms with Crippen molar-refractivity contribution in [2.75, 3.05) is 6.61 Å². The van der Waals surface area contributed by atoms with Crippen LogP contribution in [-0.4, -0.2) is 18.5 Å². The predicted molar refractivity (Wildman–Crippen MR) is 97.2 cm³/mol. The van der Waals surface area contributed by atoms with Crippen molar-refractivity contribution >= 4 is 22.7 Å². The van der Waals surface area contributed by atoms with E-state index in [-0.39, 0.29) is 6.61 Å². The Balaban J connectivity index is 1.76. The van der Waals surface area contributed by atoms with Gasteiger partial charge in [0.2, 0.25) is 0 Å². The van der Waals surface area contributed by atoms with Gasteiger partial charge in [0.1, 0.15) is 17.1 Å². The summed E-state index contributed by atoms with van der Waals surface area (Å²) in [5, 5.41) is 2.02. The molecule has 0 amide bonds. The fourth-order valence-corrected chi connectivity index (χ4v) is 2.72. The minimum absolute atomic E-state index is 0.283. The van der Waals surface area contributed by atoms with Crippen molar-refractivity contribution in [3.8, 4) is 0 Å². The van der Waals surface area contributed by atoms with E-state index in [9.17, 15) is 9.59 Å². The molecule has 0 bridgehead atoms. The van der Waals surface area contributed by atoms with Crippen LogP contribution >= 0.6 is 0 Å². The second kappa shape index (κ2) is 7.44. The van der Waals surface area contributed by atoms with E-state index in [1.807, 2.05) is 30.3 Å². The van der Waals surface area contributed by atoms with E-state index >= 15 is 0 Å². The van der Waals surface area contributed by atoms with Crippen LogP contribution in [0.25, 0.3) is 10.8 Å². The molecule has 0 aliphatic heterocycles. The molecule has 0 N–H and O–H groups in total. The Morgan fingerprint density at radius 1 is 1.04 bits per heavy atom. The summed E-state index contributed by atoms with van der Waals surface area (Å²) < 4.78 is 16.1. The lowest BCUT2D eigenvalue weighted by Crippen LogP contribution is -2.09. The van der Waals surface area contributed by atoms with E-state index in [1.165, 1.54) is 0 Å². The van der Waals surface area contributed by atoms with E-state index < -0.39 is 18.0 Å². The van der Waals surface area contributed by atoms with Gasteiger partial charge in [0.05, 0.1) is 12.2 Å². The maximum atomic E-state index is 12.4. The van der Waals surface area contributed by atoms with Gasteiger partial charge in [-0.25, -0.2) is 9.59 Å². The molecule has 3 rings (SSSR count). The van der Waals surface area contributed by atoms with Gasteiger partial charge < -0.3 is 13.9 Å². The first-order valence-corrected chi connectivity index (χ1v) is 8.46. The van der Waals surface area contributed by atoms with Crippen LogP contribution in [0, 0.1) is 6.92 Å². The van der Waals surface area contributed by atoms with Gasteiger partial charge in [-0.2, -0.15) is 0 Å². The molecule has 0 saturated heterocycles. The van der Waals surface area contributed by atoms with Gasteiger partial charge in [-0.3, -0.25) is 0 Å². The molecule has 2 aromatic carbocycles. The number of furan rings is 1. The number of benzene rings is 2. The highest BCUT2D eigenvalue weighted by Gasteiger charge is 2.22. The van der Waals surface area contributed by atoms with E-state index in [0.717, 1.165) is 10.8 Å². The summed E-state index contributed by atoms with van der Waals surface area (Å²) in [4.78, 5) is 24.3. The molecule has 1 aromatic heterocycles. The van der Waals surface area contributed by atoms with Crippen LogP contribution < -0.4 is 0 Å². The number of rotatable bonds is 5. The van der Waals surface area contributed by atoms with Crippen molar-refractivity contribution in [2.24, 2.45) is 0 Å². The number of carbonyl (C=O) groups excluding carboxylic acids is 2. The number of carbonyl (C=O) groups is 2. The largest absolute Gasteiger partial charge is 0.462 e. The molecule has 1 atom stereocenters. The first kappa shape index (κ1) is 17.7. The molecule has 134 valence electrons. The van der Waals surface area contributed by atoms with E-state index in [4.69, 9.17) is 13.9 Å². The first-order chi connectivity index (χ1) is 12.5. The Bertz CT molecular complexity index is 954. The molecule has 26 heavy (non-hydrogen) atoms. The number of esters is 2. The third-order valence-corrected chi connectivity index (χ3v) is 4.10. The highest BCUT2D eigenvalue weighted by atomic mass is 16.6. The van der Waals surface area contributed by atoms with Crippen molar-refractivity contribution in [1.29, 1.82) is 0 Å². The zero-order valence-corrected chi connectivity index (χ0v) is 14.9. The topological polar surface area (TPSA) is 65.7 Å². The normalized spacial score (nSPS) is 12.0. The third kappa shape index (κ3) is 3.61. The zero-order valence-electron chi connectivity index (χ0n) is 14.9. The summed E-state index contributed by atoms with van der Waals surface area (Å²) in [5.74, 6) is -0.0604. The van der Waals surface area contributed by atoms with E-state index in [2.05, 4.69) is 0 Å². The maximum absolute atomic E-state index is 12.4. The number of hydrogen-bond acceptors (Lipinski definition) is 5. The summed E-state index contributed by atoms with van der Waals surface area (Å²) in [6.07, 6.45) is -0.629. The molecule has 0 aliphatic carbocycles. The second-order valence-electron chi connectivity index (χ2n) is 5.95. The highest BCUT2D eigenvalue weighted by Crippen LogP contribution is 2.25. The molecule has 0 aliphatic rings. The lowest BCUT2D eigenvalue weighted by Gasteiger charge is -2.11. The molecule has 0 spiro atoms. The summed E-state index contributed by atoms with van der Waals surface area (Å²) in [6.45, 7) is 5.40. The molecule has 0 unspecified atom stereocenters. The fourth-order valence-electron chi connectivity index (χ4n) is 2.72. The number of fused-ring (bicyclic) bond motifs is 1. The van der Waals surface area contributed by atoms with Crippen LogP contribution in [0.1, 0.15) is 52.2 Å². The molecule has 3 aromatic rings. The fraction of sp³-hybridized carbons (Fsp3) is 0.238. The minimum Gasteiger partial charge on any atom is -0.462 e. The van der Waals surface area contributed by atoms with Gasteiger partial charge in [-0.05, 0) is 49.7 Å². The number of hydrogen-bond donors (Lipinski definition) is 0. The van der Waals surface area contributed by atoms with Gasteiger partial charge >= 0.3 is 11.9 Å². The zero-order chi connectivity index (χ0) is 18.7. The van der Waals surface area contributed by atoms with Crippen LogP contribution in [0.15, 0.2) is 52.9 Å². The molecular weight excluding hydrogens is 332 g/mol. The van der Waals surface area contributed by atoms with Crippen LogP contribution in [0.4, 0.5) is 0 Å². The number of ether oxygens (including phenoxy) is 2. The lowest BCUT2D eigenvalue weighted by molar-refractivity contribution is 0.0289.